The molecule has 0 unspecified atom stereocenters. The third kappa shape index (κ3) is 3.57. The van der Waals surface area contributed by atoms with Crippen LogP contribution >= 0.6 is 0 Å². The highest BCUT2D eigenvalue weighted by atomic mass is 16.5. The van der Waals surface area contributed by atoms with Crippen molar-refractivity contribution < 1.29 is 14.7 Å². The molecule has 0 saturated carbocycles. The van der Waals surface area contributed by atoms with Gasteiger partial charge in [0.15, 0.2) is 0 Å². The summed E-state index contributed by atoms with van der Waals surface area (Å²) in [5, 5.41) is 11.3. The fraction of sp³-hybridized carbons (Fsp3) is 0.529. The molecule has 4 nitrogen and oxygen atoms in total. The van der Waals surface area contributed by atoms with E-state index in [0.717, 1.165) is 28.9 Å². The Hall–Kier alpha value is -1.52. The first-order valence-electron chi connectivity index (χ1n) is 7.95. The van der Waals surface area contributed by atoms with Gasteiger partial charge in [-0.1, -0.05) is 6.07 Å². The minimum absolute atomic E-state index is 0.368. The number of quaternary nitrogens is 1. The van der Waals surface area contributed by atoms with E-state index in [9.17, 15) is 5.11 Å². The average molecular weight is 289 g/mol. The minimum atomic E-state index is -0.395. The van der Waals surface area contributed by atoms with Crippen molar-refractivity contribution in [2.45, 2.75) is 32.3 Å². The maximum atomic E-state index is 10.2. The van der Waals surface area contributed by atoms with E-state index in [-0.39, 0.29) is 0 Å². The van der Waals surface area contributed by atoms with Crippen molar-refractivity contribution in [3.05, 3.63) is 30.0 Å². The van der Waals surface area contributed by atoms with Gasteiger partial charge in [0.1, 0.15) is 25.0 Å². The van der Waals surface area contributed by atoms with E-state index in [1.54, 1.807) is 0 Å². The number of aromatic amines is 1. The number of hydrogen-bond acceptors (Lipinski definition) is 2. The van der Waals surface area contributed by atoms with Gasteiger partial charge >= 0.3 is 0 Å². The number of aliphatic hydroxyl groups is 1. The van der Waals surface area contributed by atoms with Crippen molar-refractivity contribution in [2.24, 2.45) is 0 Å². The molecule has 0 amide bonds. The minimum Gasteiger partial charge on any atom is -0.490 e. The fourth-order valence-electron chi connectivity index (χ4n) is 3.23. The van der Waals surface area contributed by atoms with E-state index in [1.165, 1.54) is 37.3 Å². The molecule has 0 bridgehead atoms. The number of aromatic nitrogens is 1. The summed E-state index contributed by atoms with van der Waals surface area (Å²) in [6, 6.07) is 8.09. The first-order valence-corrected chi connectivity index (χ1v) is 7.95. The lowest BCUT2D eigenvalue weighted by molar-refractivity contribution is -0.908. The van der Waals surface area contributed by atoms with Gasteiger partial charge in [0.25, 0.3) is 0 Å². The molecule has 2 heterocycles. The molecule has 1 aliphatic rings. The fourth-order valence-corrected chi connectivity index (χ4v) is 3.23. The predicted octanol–water partition coefficient (Wildman–Crippen LogP) is 1.28. The van der Waals surface area contributed by atoms with Crippen LogP contribution < -0.4 is 9.64 Å². The summed E-state index contributed by atoms with van der Waals surface area (Å²) < 4.78 is 5.85. The van der Waals surface area contributed by atoms with Gasteiger partial charge in [0, 0.05) is 16.6 Å². The summed E-state index contributed by atoms with van der Waals surface area (Å²) in [5.74, 6) is 0.851. The summed E-state index contributed by atoms with van der Waals surface area (Å²) in [7, 11) is 0. The van der Waals surface area contributed by atoms with E-state index in [0.29, 0.717) is 6.61 Å². The quantitative estimate of drug-likeness (QED) is 0.777. The number of H-pyrrole nitrogens is 1. The second kappa shape index (κ2) is 6.50. The monoisotopic (exact) mass is 289 g/mol. The van der Waals surface area contributed by atoms with Gasteiger partial charge < -0.3 is 19.7 Å². The molecule has 0 radical (unpaired) electrons. The van der Waals surface area contributed by atoms with Crippen molar-refractivity contribution in [3.63, 3.8) is 0 Å². The number of ether oxygens (including phenoxy) is 1. The maximum Gasteiger partial charge on any atom is 0.137 e. The Morgan fingerprint density at radius 3 is 2.90 bits per heavy atom. The van der Waals surface area contributed by atoms with Crippen LogP contribution in [0.3, 0.4) is 0 Å². The maximum absolute atomic E-state index is 10.2. The lowest BCUT2D eigenvalue weighted by Crippen LogP contribution is -3.14. The normalized spacial score (nSPS) is 18.0. The van der Waals surface area contributed by atoms with Crippen LogP contribution in [0.1, 0.15) is 25.0 Å². The molecule has 1 aromatic heterocycles. The number of aliphatic hydroxyl groups excluding tert-OH is 1. The Balaban J connectivity index is 1.58. The molecule has 114 valence electrons. The first-order chi connectivity index (χ1) is 10.2. The van der Waals surface area contributed by atoms with Gasteiger partial charge in [-0.3, -0.25) is 0 Å². The lowest BCUT2D eigenvalue weighted by Gasteiger charge is -2.25. The number of likely N-dealkylation sites (tertiary alicyclic amines) is 1. The van der Waals surface area contributed by atoms with E-state index in [1.807, 2.05) is 25.1 Å². The molecule has 0 spiro atoms. The van der Waals surface area contributed by atoms with Crippen LogP contribution in [0.15, 0.2) is 24.3 Å². The lowest BCUT2D eigenvalue weighted by atomic mass is 10.1. The van der Waals surface area contributed by atoms with E-state index in [4.69, 9.17) is 4.74 Å². The molecule has 0 aliphatic carbocycles. The van der Waals surface area contributed by atoms with Crippen LogP contribution in [0.4, 0.5) is 0 Å². The number of benzene rings is 1. The third-order valence-electron chi connectivity index (χ3n) is 4.27. The van der Waals surface area contributed by atoms with Gasteiger partial charge in [-0.25, -0.2) is 0 Å². The Morgan fingerprint density at radius 2 is 2.10 bits per heavy atom. The summed E-state index contributed by atoms with van der Waals surface area (Å²) in [4.78, 5) is 4.81. The van der Waals surface area contributed by atoms with Gasteiger partial charge in [0.05, 0.1) is 13.1 Å². The topological polar surface area (TPSA) is 49.7 Å². The third-order valence-corrected chi connectivity index (χ3v) is 4.27. The van der Waals surface area contributed by atoms with Crippen LogP contribution in [0.2, 0.25) is 0 Å². The molecule has 1 saturated heterocycles. The molecule has 1 aromatic carbocycles. The van der Waals surface area contributed by atoms with E-state index >= 15 is 0 Å². The standard InChI is InChI=1S/C17H24N2O2/c1-13-10-15-16(18-13)6-5-7-17(15)21-12-14(20)11-19-8-3-2-4-9-19/h5-7,10,14,18,20H,2-4,8-9,11-12H2,1H3/p+1/t14-/m0/s1. The summed E-state index contributed by atoms with van der Waals surface area (Å²) in [5.41, 5.74) is 2.21. The number of fused-ring (bicyclic) bond motifs is 1. The highest BCUT2D eigenvalue weighted by Gasteiger charge is 2.18. The highest BCUT2D eigenvalue weighted by molar-refractivity contribution is 5.86. The molecule has 2 aromatic rings. The van der Waals surface area contributed by atoms with Crippen molar-refractivity contribution >= 4 is 10.9 Å². The van der Waals surface area contributed by atoms with Crippen LogP contribution in [0.25, 0.3) is 10.9 Å². The molecule has 1 atom stereocenters. The molecule has 4 heteroatoms. The number of aryl methyl sites for hydroxylation is 1. The Morgan fingerprint density at radius 1 is 1.29 bits per heavy atom. The predicted molar refractivity (Wildman–Crippen MR) is 84.0 cm³/mol. The van der Waals surface area contributed by atoms with Crippen molar-refractivity contribution in [2.75, 3.05) is 26.2 Å². The zero-order valence-corrected chi connectivity index (χ0v) is 12.7. The number of rotatable bonds is 5. The Bertz CT molecular complexity index is 587. The van der Waals surface area contributed by atoms with Crippen LogP contribution in [-0.4, -0.2) is 42.4 Å². The van der Waals surface area contributed by atoms with Gasteiger partial charge in [-0.05, 0) is 44.4 Å². The van der Waals surface area contributed by atoms with Crippen LogP contribution in [0, 0.1) is 6.92 Å². The van der Waals surface area contributed by atoms with Gasteiger partial charge in [0.2, 0.25) is 0 Å². The number of nitrogens with one attached hydrogen (secondary N) is 2. The van der Waals surface area contributed by atoms with Crippen molar-refractivity contribution in [3.8, 4) is 5.75 Å². The number of hydrogen-bond donors (Lipinski definition) is 3. The zero-order valence-electron chi connectivity index (χ0n) is 12.7. The second-order valence-electron chi connectivity index (χ2n) is 6.15. The Kier molecular flexibility index (Phi) is 4.46. The molecule has 21 heavy (non-hydrogen) atoms. The van der Waals surface area contributed by atoms with Crippen molar-refractivity contribution in [1.82, 2.24) is 4.98 Å². The first kappa shape index (κ1) is 14.4. The smallest absolute Gasteiger partial charge is 0.137 e. The molecule has 3 rings (SSSR count). The van der Waals surface area contributed by atoms with Crippen molar-refractivity contribution in [1.29, 1.82) is 0 Å². The molecular weight excluding hydrogens is 264 g/mol. The van der Waals surface area contributed by atoms with E-state index in [2.05, 4.69) is 11.1 Å². The molecule has 1 fully saturated rings. The average Bonchev–Trinajstić information content (AvgIpc) is 2.87. The zero-order chi connectivity index (χ0) is 14.7. The summed E-state index contributed by atoms with van der Waals surface area (Å²) in [6.45, 7) is 5.57. The van der Waals surface area contributed by atoms with Gasteiger partial charge in [-0.2, -0.15) is 0 Å². The highest BCUT2D eigenvalue weighted by Crippen LogP contribution is 2.26. The Labute approximate surface area is 125 Å². The molecule has 3 N–H and O–H groups in total. The van der Waals surface area contributed by atoms with Crippen LogP contribution in [-0.2, 0) is 0 Å². The molecule has 1 aliphatic heterocycles. The SMILES string of the molecule is Cc1cc2c(OC[C@@H](O)C[NH+]3CCCCC3)cccc2[nH]1. The summed E-state index contributed by atoms with van der Waals surface area (Å²) in [6.07, 6.45) is 3.51. The summed E-state index contributed by atoms with van der Waals surface area (Å²) >= 11 is 0. The van der Waals surface area contributed by atoms with E-state index < -0.39 is 6.10 Å². The van der Waals surface area contributed by atoms with Gasteiger partial charge in [-0.15, -0.1) is 0 Å². The van der Waals surface area contributed by atoms with Crippen LogP contribution in [0.5, 0.6) is 5.75 Å². The number of piperidine rings is 1. The molecular formula is C17H25N2O2+. The largest absolute Gasteiger partial charge is 0.490 e. The second-order valence-corrected chi connectivity index (χ2v) is 6.15.